The van der Waals surface area contributed by atoms with Gasteiger partial charge < -0.3 is 9.84 Å². The van der Waals surface area contributed by atoms with Gasteiger partial charge in [0.2, 0.25) is 0 Å². The van der Waals surface area contributed by atoms with Gasteiger partial charge in [-0.25, -0.2) is 4.79 Å². The van der Waals surface area contributed by atoms with Gasteiger partial charge in [-0.1, -0.05) is 42.1 Å². The quantitative estimate of drug-likeness (QED) is 0.422. The number of aromatic nitrogens is 3. The Labute approximate surface area is 175 Å². The number of carboxylic acid groups (broad SMARTS) is 1. The fraction of sp³-hybridized carbons (Fsp3) is 0.0952. The third-order valence-electron chi connectivity index (χ3n) is 4.27. The number of thiophene rings is 1. The summed E-state index contributed by atoms with van der Waals surface area (Å²) in [6.45, 7) is 0. The molecule has 4 rings (SSSR count). The van der Waals surface area contributed by atoms with Gasteiger partial charge in [0, 0.05) is 5.75 Å². The van der Waals surface area contributed by atoms with Gasteiger partial charge >= 0.3 is 5.97 Å². The molecule has 6 nitrogen and oxygen atoms in total. The minimum absolute atomic E-state index is 0.274. The minimum atomic E-state index is -0.930. The van der Waals surface area contributed by atoms with E-state index in [9.17, 15) is 4.79 Å². The molecule has 8 heteroatoms. The van der Waals surface area contributed by atoms with Gasteiger partial charge in [0.15, 0.2) is 11.0 Å². The molecule has 0 amide bonds. The van der Waals surface area contributed by atoms with E-state index in [1.54, 1.807) is 30.6 Å². The predicted molar refractivity (Wildman–Crippen MR) is 114 cm³/mol. The molecule has 0 aliphatic rings. The molecule has 4 aromatic rings. The predicted octanol–water partition coefficient (Wildman–Crippen LogP) is 4.99. The highest BCUT2D eigenvalue weighted by Gasteiger charge is 2.19. The number of rotatable bonds is 7. The van der Waals surface area contributed by atoms with Crippen molar-refractivity contribution < 1.29 is 14.6 Å². The number of hydrogen-bond acceptors (Lipinski definition) is 6. The first-order valence-electron chi connectivity index (χ1n) is 8.75. The van der Waals surface area contributed by atoms with Crippen LogP contribution in [0.15, 0.2) is 71.2 Å². The van der Waals surface area contributed by atoms with Crippen molar-refractivity contribution in [3.63, 3.8) is 0 Å². The average molecular weight is 424 g/mol. The first-order chi connectivity index (χ1) is 14.2. The molecular weight excluding hydrogens is 406 g/mol. The maximum Gasteiger partial charge on any atom is 0.335 e. The summed E-state index contributed by atoms with van der Waals surface area (Å²) in [5.74, 6) is 1.20. The summed E-state index contributed by atoms with van der Waals surface area (Å²) in [4.78, 5) is 12.0. The fourth-order valence-corrected chi connectivity index (χ4v) is 4.45. The van der Waals surface area contributed by atoms with Gasteiger partial charge in [-0.3, -0.25) is 4.57 Å². The number of thioether (sulfide) groups is 1. The summed E-state index contributed by atoms with van der Waals surface area (Å²) in [5.41, 5.74) is 2.15. The van der Waals surface area contributed by atoms with Crippen LogP contribution in [0.1, 0.15) is 15.9 Å². The van der Waals surface area contributed by atoms with Crippen LogP contribution in [0, 0.1) is 0 Å². The molecule has 0 atom stereocenters. The van der Waals surface area contributed by atoms with E-state index in [-0.39, 0.29) is 5.56 Å². The molecule has 0 unspecified atom stereocenters. The molecule has 2 heterocycles. The van der Waals surface area contributed by atoms with Crippen LogP contribution in [0.5, 0.6) is 5.75 Å². The minimum Gasteiger partial charge on any atom is -0.495 e. The lowest BCUT2D eigenvalue weighted by Gasteiger charge is -2.13. The number of benzene rings is 2. The van der Waals surface area contributed by atoms with Crippen LogP contribution in [-0.2, 0) is 5.75 Å². The lowest BCUT2D eigenvalue weighted by atomic mass is 10.1. The largest absolute Gasteiger partial charge is 0.495 e. The summed E-state index contributed by atoms with van der Waals surface area (Å²) in [6, 6.07) is 18.6. The zero-order valence-corrected chi connectivity index (χ0v) is 17.1. The first-order valence-corrected chi connectivity index (χ1v) is 10.6. The van der Waals surface area contributed by atoms with Crippen molar-refractivity contribution in [1.29, 1.82) is 0 Å². The molecule has 0 saturated heterocycles. The second-order valence-electron chi connectivity index (χ2n) is 6.08. The van der Waals surface area contributed by atoms with Crippen LogP contribution < -0.4 is 4.74 Å². The van der Waals surface area contributed by atoms with Crippen LogP contribution in [0.2, 0.25) is 0 Å². The highest BCUT2D eigenvalue weighted by atomic mass is 32.2. The van der Waals surface area contributed by atoms with Gasteiger partial charge in [-0.05, 0) is 41.3 Å². The molecule has 146 valence electrons. The molecule has 0 bridgehead atoms. The normalized spacial score (nSPS) is 10.8. The Morgan fingerprint density at radius 1 is 1.10 bits per heavy atom. The monoisotopic (exact) mass is 423 g/mol. The van der Waals surface area contributed by atoms with E-state index >= 15 is 0 Å². The molecule has 1 N–H and O–H groups in total. The summed E-state index contributed by atoms with van der Waals surface area (Å²) < 4.78 is 7.56. The molecule has 2 aromatic carbocycles. The number of methoxy groups -OCH3 is 1. The molecule has 0 aliphatic heterocycles. The van der Waals surface area contributed by atoms with E-state index in [2.05, 4.69) is 10.2 Å². The van der Waals surface area contributed by atoms with Gasteiger partial charge in [0.25, 0.3) is 0 Å². The van der Waals surface area contributed by atoms with E-state index in [1.165, 1.54) is 11.8 Å². The van der Waals surface area contributed by atoms with Crippen molar-refractivity contribution in [2.24, 2.45) is 0 Å². The van der Waals surface area contributed by atoms with E-state index < -0.39 is 5.97 Å². The molecule has 0 fully saturated rings. The van der Waals surface area contributed by atoms with Crippen LogP contribution >= 0.6 is 23.1 Å². The Kier molecular flexibility index (Phi) is 5.64. The molecule has 2 aromatic heterocycles. The van der Waals surface area contributed by atoms with Crippen LogP contribution in [0.25, 0.3) is 16.4 Å². The summed E-state index contributed by atoms with van der Waals surface area (Å²) >= 11 is 3.14. The average Bonchev–Trinajstić information content (AvgIpc) is 3.42. The molecule has 0 aliphatic carbocycles. The van der Waals surface area contributed by atoms with Gasteiger partial charge in [-0.15, -0.1) is 21.5 Å². The Bertz CT molecular complexity index is 1120. The number of aromatic carboxylic acids is 1. The molecule has 0 saturated carbocycles. The summed E-state index contributed by atoms with van der Waals surface area (Å²) in [7, 11) is 1.64. The van der Waals surface area contributed by atoms with E-state index in [1.807, 2.05) is 58.5 Å². The fourth-order valence-electron chi connectivity index (χ4n) is 2.85. The first kappa shape index (κ1) is 19.2. The molecular formula is C21H17N3O3S2. The summed E-state index contributed by atoms with van der Waals surface area (Å²) in [5, 5.41) is 20.6. The molecule has 0 spiro atoms. The molecule has 0 radical (unpaired) electrons. The standard InChI is InChI=1S/C21H17N3O3S2/c1-27-17-6-3-2-5-16(17)24-19(18-7-4-12-28-18)22-23-21(24)29-13-14-8-10-15(11-9-14)20(25)26/h2-12H,13H2,1H3,(H,25,26). The van der Waals surface area contributed by atoms with Crippen molar-refractivity contribution in [2.75, 3.05) is 7.11 Å². The number of hydrogen-bond donors (Lipinski definition) is 1. The molecule has 29 heavy (non-hydrogen) atoms. The van der Waals surface area contributed by atoms with Crippen LogP contribution in [0.3, 0.4) is 0 Å². The third-order valence-corrected chi connectivity index (χ3v) is 6.14. The Morgan fingerprint density at radius 3 is 2.59 bits per heavy atom. The van der Waals surface area contributed by atoms with Crippen molar-refractivity contribution in [3.05, 3.63) is 77.2 Å². The Morgan fingerprint density at radius 2 is 1.90 bits per heavy atom. The number of para-hydroxylation sites is 2. The lowest BCUT2D eigenvalue weighted by molar-refractivity contribution is 0.0697. The van der Waals surface area contributed by atoms with Gasteiger partial charge in [0.05, 0.1) is 23.2 Å². The van der Waals surface area contributed by atoms with Gasteiger partial charge in [-0.2, -0.15) is 0 Å². The van der Waals surface area contributed by atoms with Crippen molar-refractivity contribution in [1.82, 2.24) is 14.8 Å². The van der Waals surface area contributed by atoms with E-state index in [0.717, 1.165) is 32.9 Å². The van der Waals surface area contributed by atoms with Crippen molar-refractivity contribution >= 4 is 29.1 Å². The number of ether oxygens (including phenoxy) is 1. The lowest BCUT2D eigenvalue weighted by Crippen LogP contribution is -2.02. The van der Waals surface area contributed by atoms with Crippen LogP contribution in [-0.4, -0.2) is 33.0 Å². The SMILES string of the molecule is COc1ccccc1-n1c(SCc2ccc(C(=O)O)cc2)nnc1-c1cccs1. The Balaban J connectivity index is 1.69. The van der Waals surface area contributed by atoms with Crippen molar-refractivity contribution in [3.8, 4) is 22.1 Å². The smallest absolute Gasteiger partial charge is 0.335 e. The zero-order chi connectivity index (χ0) is 20.2. The second-order valence-corrected chi connectivity index (χ2v) is 7.97. The van der Waals surface area contributed by atoms with Gasteiger partial charge in [0.1, 0.15) is 5.75 Å². The van der Waals surface area contributed by atoms with E-state index in [0.29, 0.717) is 5.75 Å². The summed E-state index contributed by atoms with van der Waals surface area (Å²) in [6.07, 6.45) is 0. The third kappa shape index (κ3) is 4.03. The number of carbonyl (C=O) groups is 1. The Hall–Kier alpha value is -3.10. The van der Waals surface area contributed by atoms with Crippen molar-refractivity contribution in [2.45, 2.75) is 10.9 Å². The topological polar surface area (TPSA) is 77.2 Å². The van der Waals surface area contributed by atoms with Crippen LogP contribution in [0.4, 0.5) is 0 Å². The highest BCUT2D eigenvalue weighted by molar-refractivity contribution is 7.98. The number of carboxylic acids is 1. The second kappa shape index (κ2) is 8.50. The highest BCUT2D eigenvalue weighted by Crippen LogP contribution is 2.34. The maximum absolute atomic E-state index is 11.0. The van der Waals surface area contributed by atoms with E-state index in [4.69, 9.17) is 9.84 Å². The zero-order valence-electron chi connectivity index (χ0n) is 15.5. The number of nitrogens with zero attached hydrogens (tertiary/aromatic N) is 3. The maximum atomic E-state index is 11.0.